The lowest BCUT2D eigenvalue weighted by molar-refractivity contribution is -0.191. The van der Waals surface area contributed by atoms with Gasteiger partial charge in [0, 0.05) is 13.2 Å². The average molecular weight is 265 g/mol. The molecule has 2 heterocycles. The zero-order chi connectivity index (χ0) is 13.2. The number of ether oxygens (including phenoxy) is 1. The molecule has 18 heavy (non-hydrogen) atoms. The Labute approximate surface area is 102 Å². The van der Waals surface area contributed by atoms with Crippen molar-refractivity contribution in [3.63, 3.8) is 0 Å². The van der Waals surface area contributed by atoms with Crippen molar-refractivity contribution in [2.24, 2.45) is 0 Å². The van der Waals surface area contributed by atoms with E-state index in [0.717, 1.165) is 0 Å². The maximum atomic E-state index is 13.2. The van der Waals surface area contributed by atoms with Gasteiger partial charge in [-0.1, -0.05) is 5.16 Å². The summed E-state index contributed by atoms with van der Waals surface area (Å²) in [5.41, 5.74) is -2.07. The minimum absolute atomic E-state index is 0.0569. The Morgan fingerprint density at radius 3 is 2.83 bits per heavy atom. The maximum Gasteiger partial charge on any atom is 0.404 e. The summed E-state index contributed by atoms with van der Waals surface area (Å²) in [7, 11) is 0. The molecule has 1 aliphatic rings. The Balaban J connectivity index is 2.24. The Kier molecular flexibility index (Phi) is 3.58. The molecule has 2 rings (SSSR count). The molecule has 0 saturated carbocycles. The number of alkyl halides is 3. The van der Waals surface area contributed by atoms with Crippen molar-refractivity contribution in [3.8, 4) is 0 Å². The highest BCUT2D eigenvalue weighted by Gasteiger charge is 2.61. The van der Waals surface area contributed by atoms with Gasteiger partial charge in [0.15, 0.2) is 11.2 Å². The number of hydrogen-bond acceptors (Lipinski definition) is 5. The van der Waals surface area contributed by atoms with Crippen LogP contribution < -0.4 is 5.32 Å². The van der Waals surface area contributed by atoms with Crippen LogP contribution in [0.1, 0.15) is 25.1 Å². The number of aromatic nitrogens is 2. The van der Waals surface area contributed by atoms with Crippen molar-refractivity contribution >= 4 is 0 Å². The van der Waals surface area contributed by atoms with Crippen LogP contribution in [0.2, 0.25) is 0 Å². The smallest absolute Gasteiger partial charge is 0.374 e. The topological polar surface area (TPSA) is 60.2 Å². The van der Waals surface area contributed by atoms with Gasteiger partial charge in [0.1, 0.15) is 6.61 Å². The van der Waals surface area contributed by atoms with Gasteiger partial charge >= 0.3 is 6.18 Å². The normalized spacial score (nSPS) is 24.7. The van der Waals surface area contributed by atoms with Crippen LogP contribution in [-0.2, 0) is 16.8 Å². The Hall–Kier alpha value is -1.15. The van der Waals surface area contributed by atoms with Crippen LogP contribution in [0, 0.1) is 0 Å². The number of rotatable bonds is 4. The monoisotopic (exact) mass is 265 g/mol. The quantitative estimate of drug-likeness (QED) is 0.891. The lowest BCUT2D eigenvalue weighted by atomic mass is 9.86. The van der Waals surface area contributed by atoms with Crippen molar-refractivity contribution in [2.45, 2.75) is 31.5 Å². The largest absolute Gasteiger partial charge is 0.404 e. The molecule has 1 aliphatic heterocycles. The Morgan fingerprint density at radius 1 is 1.50 bits per heavy atom. The van der Waals surface area contributed by atoms with Crippen LogP contribution >= 0.6 is 0 Å². The van der Waals surface area contributed by atoms with Crippen molar-refractivity contribution in [2.75, 3.05) is 19.7 Å². The molecule has 1 atom stereocenters. The summed E-state index contributed by atoms with van der Waals surface area (Å²) in [4.78, 5) is 3.81. The molecule has 102 valence electrons. The molecule has 1 aromatic heterocycles. The molecule has 1 unspecified atom stereocenters. The summed E-state index contributed by atoms with van der Waals surface area (Å²) >= 11 is 0. The van der Waals surface area contributed by atoms with Gasteiger partial charge in [-0.2, -0.15) is 18.2 Å². The fraction of sp³-hybridized carbons (Fsp3) is 0.800. The summed E-state index contributed by atoms with van der Waals surface area (Å²) in [6.07, 6.45) is -4.50. The van der Waals surface area contributed by atoms with Crippen molar-refractivity contribution in [1.29, 1.82) is 0 Å². The lowest BCUT2D eigenvalue weighted by Gasteiger charge is -2.26. The van der Waals surface area contributed by atoms with Gasteiger partial charge in [-0.3, -0.25) is 0 Å². The molecule has 0 radical (unpaired) electrons. The van der Waals surface area contributed by atoms with Crippen LogP contribution in [0.3, 0.4) is 0 Å². The lowest BCUT2D eigenvalue weighted by Crippen LogP contribution is -2.44. The molecule has 0 aromatic carbocycles. The zero-order valence-electron chi connectivity index (χ0n) is 9.88. The molecule has 1 aromatic rings. The summed E-state index contributed by atoms with van der Waals surface area (Å²) in [5, 5.41) is 6.21. The first-order valence-electron chi connectivity index (χ1n) is 5.68. The van der Waals surface area contributed by atoms with E-state index in [9.17, 15) is 13.2 Å². The molecular weight excluding hydrogens is 251 g/mol. The fourth-order valence-corrected chi connectivity index (χ4v) is 1.94. The van der Waals surface area contributed by atoms with E-state index in [4.69, 9.17) is 9.26 Å². The number of nitrogens with one attached hydrogen (secondary N) is 1. The molecule has 1 fully saturated rings. The Morgan fingerprint density at radius 2 is 2.28 bits per heavy atom. The highest BCUT2D eigenvalue weighted by molar-refractivity contribution is 5.14. The van der Waals surface area contributed by atoms with E-state index in [1.807, 2.05) is 0 Å². The molecule has 1 saturated heterocycles. The fourth-order valence-electron chi connectivity index (χ4n) is 1.94. The van der Waals surface area contributed by atoms with Crippen molar-refractivity contribution in [3.05, 3.63) is 11.7 Å². The van der Waals surface area contributed by atoms with Crippen molar-refractivity contribution < 1.29 is 22.4 Å². The van der Waals surface area contributed by atoms with E-state index in [1.54, 1.807) is 6.92 Å². The third kappa shape index (κ3) is 2.22. The molecule has 5 nitrogen and oxygen atoms in total. The summed E-state index contributed by atoms with van der Waals surface area (Å²) < 4.78 is 49.3. The first-order valence-corrected chi connectivity index (χ1v) is 5.68. The highest BCUT2D eigenvalue weighted by atomic mass is 19.4. The maximum absolute atomic E-state index is 13.2. The minimum atomic E-state index is -4.41. The second kappa shape index (κ2) is 4.85. The third-order valence-electron chi connectivity index (χ3n) is 3.01. The molecule has 1 N–H and O–H groups in total. The van der Waals surface area contributed by atoms with Gasteiger partial charge in [-0.25, -0.2) is 0 Å². The number of hydrogen-bond donors (Lipinski definition) is 1. The van der Waals surface area contributed by atoms with E-state index in [1.165, 1.54) is 0 Å². The van der Waals surface area contributed by atoms with E-state index in [-0.39, 0.29) is 37.8 Å². The summed E-state index contributed by atoms with van der Waals surface area (Å²) in [6.45, 7) is 2.33. The van der Waals surface area contributed by atoms with Gasteiger partial charge in [0.25, 0.3) is 0 Å². The van der Waals surface area contributed by atoms with E-state index in [2.05, 4.69) is 15.5 Å². The van der Waals surface area contributed by atoms with Crippen LogP contribution in [0.5, 0.6) is 0 Å². The van der Waals surface area contributed by atoms with Gasteiger partial charge in [-0.15, -0.1) is 0 Å². The second-order valence-corrected chi connectivity index (χ2v) is 4.16. The SMILES string of the molecule is CCOCc1noc(C2(C(F)(F)F)CCNC2)n1. The number of halogens is 3. The summed E-state index contributed by atoms with van der Waals surface area (Å²) in [5.74, 6) is -0.239. The average Bonchev–Trinajstić information content (AvgIpc) is 2.94. The number of nitrogens with zero attached hydrogens (tertiary/aromatic N) is 2. The first-order chi connectivity index (χ1) is 8.49. The molecule has 8 heteroatoms. The first kappa shape index (κ1) is 13.3. The van der Waals surface area contributed by atoms with E-state index < -0.39 is 11.6 Å². The summed E-state index contributed by atoms with van der Waals surface area (Å²) in [6, 6.07) is 0. The van der Waals surface area contributed by atoms with Crippen LogP contribution in [-0.4, -0.2) is 36.0 Å². The third-order valence-corrected chi connectivity index (χ3v) is 3.01. The standard InChI is InChI=1S/C10H14F3N3O2/c1-2-17-5-7-15-8(18-16-7)9(10(11,12)13)3-4-14-6-9/h14H,2-6H2,1H3. The second-order valence-electron chi connectivity index (χ2n) is 4.16. The molecule has 0 spiro atoms. The van der Waals surface area contributed by atoms with E-state index >= 15 is 0 Å². The van der Waals surface area contributed by atoms with Crippen LogP contribution in [0.25, 0.3) is 0 Å². The Bertz CT molecular complexity index is 399. The van der Waals surface area contributed by atoms with Crippen LogP contribution in [0.4, 0.5) is 13.2 Å². The molecular formula is C10H14F3N3O2. The molecule has 0 aliphatic carbocycles. The van der Waals surface area contributed by atoms with Gasteiger partial charge in [-0.05, 0) is 19.9 Å². The van der Waals surface area contributed by atoms with Crippen LogP contribution in [0.15, 0.2) is 4.52 Å². The molecule has 0 amide bonds. The predicted molar refractivity (Wildman–Crippen MR) is 54.8 cm³/mol. The van der Waals surface area contributed by atoms with Gasteiger partial charge in [0.05, 0.1) is 0 Å². The minimum Gasteiger partial charge on any atom is -0.374 e. The van der Waals surface area contributed by atoms with E-state index in [0.29, 0.717) is 6.61 Å². The van der Waals surface area contributed by atoms with Gasteiger partial charge < -0.3 is 14.6 Å². The van der Waals surface area contributed by atoms with Gasteiger partial charge in [0.2, 0.25) is 5.89 Å². The predicted octanol–water partition coefficient (Wildman–Crippen LogP) is 1.40. The van der Waals surface area contributed by atoms with Crippen molar-refractivity contribution in [1.82, 2.24) is 15.5 Å². The molecule has 0 bridgehead atoms. The zero-order valence-corrected chi connectivity index (χ0v) is 9.88. The highest BCUT2D eigenvalue weighted by Crippen LogP contribution is 2.44.